The van der Waals surface area contributed by atoms with Crippen LogP contribution in [0.15, 0.2) is 46.6 Å². The van der Waals surface area contributed by atoms with Crippen molar-refractivity contribution in [1.29, 1.82) is 0 Å². The number of hydrogen-bond acceptors (Lipinski definition) is 4. The summed E-state index contributed by atoms with van der Waals surface area (Å²) >= 11 is 10.6. The molecule has 0 spiro atoms. The highest BCUT2D eigenvalue weighted by Gasteiger charge is 2.25. The third-order valence-corrected chi connectivity index (χ3v) is 3.46. The zero-order valence-corrected chi connectivity index (χ0v) is 12.6. The third kappa shape index (κ3) is 2.93. The van der Waals surface area contributed by atoms with Gasteiger partial charge in [0, 0.05) is 16.1 Å². The van der Waals surface area contributed by atoms with E-state index in [4.69, 9.17) is 28.2 Å². The Morgan fingerprint density at radius 1 is 1.09 bits per heavy atom. The molecule has 0 saturated carbocycles. The molecule has 1 fully saturated rings. The van der Waals surface area contributed by atoms with E-state index in [9.17, 15) is 9.59 Å². The van der Waals surface area contributed by atoms with Crippen LogP contribution in [-0.2, 0) is 9.59 Å². The average Bonchev–Trinajstić information content (AvgIpc) is 2.92. The summed E-state index contributed by atoms with van der Waals surface area (Å²) < 4.78 is 5.45. The lowest BCUT2D eigenvalue weighted by Gasteiger charge is -2.15. The second-order valence-corrected chi connectivity index (χ2v) is 5.39. The molecule has 2 heterocycles. The maximum absolute atomic E-state index is 11.8. The van der Waals surface area contributed by atoms with Gasteiger partial charge in [-0.15, -0.1) is 0 Å². The molecule has 5 nitrogen and oxygen atoms in total. The molecule has 0 aliphatic carbocycles. The van der Waals surface area contributed by atoms with Crippen molar-refractivity contribution in [3.63, 3.8) is 0 Å². The molecular formula is C15H9ClN2O3S. The van der Waals surface area contributed by atoms with Crippen LogP contribution in [-0.4, -0.2) is 16.9 Å². The first-order valence-corrected chi connectivity index (χ1v) is 7.04. The van der Waals surface area contributed by atoms with Gasteiger partial charge in [0.05, 0.1) is 6.26 Å². The minimum Gasteiger partial charge on any atom is -0.464 e. The SMILES string of the molecule is O=C1NC(=S)NC(=O)C1=Cc1coc(-c2ccc(Cl)cc2)c1. The van der Waals surface area contributed by atoms with Gasteiger partial charge in [-0.05, 0) is 48.6 Å². The molecule has 0 bridgehead atoms. The standard InChI is InChI=1S/C15H9ClN2O3S/c16-10-3-1-9(2-4-10)12-6-8(7-21-12)5-11-13(19)17-15(22)18-14(11)20/h1-7H,(H2,17,18,19,20,22). The van der Waals surface area contributed by atoms with Crippen LogP contribution in [0.4, 0.5) is 0 Å². The molecule has 2 aromatic rings. The summed E-state index contributed by atoms with van der Waals surface area (Å²) in [4.78, 5) is 23.5. The number of rotatable bonds is 2. The number of amides is 2. The van der Waals surface area contributed by atoms with Crippen molar-refractivity contribution in [2.75, 3.05) is 0 Å². The first kappa shape index (κ1) is 14.5. The fourth-order valence-corrected chi connectivity index (χ4v) is 2.28. The molecule has 2 amide bonds. The van der Waals surface area contributed by atoms with Crippen LogP contribution in [0.25, 0.3) is 17.4 Å². The zero-order valence-electron chi connectivity index (χ0n) is 11.1. The van der Waals surface area contributed by atoms with E-state index in [0.717, 1.165) is 5.56 Å². The quantitative estimate of drug-likeness (QED) is 0.503. The molecular weight excluding hydrogens is 324 g/mol. The van der Waals surface area contributed by atoms with Gasteiger partial charge < -0.3 is 4.42 Å². The van der Waals surface area contributed by atoms with Crippen LogP contribution in [0.1, 0.15) is 5.56 Å². The lowest BCUT2D eigenvalue weighted by molar-refractivity contribution is -0.123. The normalized spacial score (nSPS) is 14.6. The van der Waals surface area contributed by atoms with Gasteiger partial charge in [0.2, 0.25) is 0 Å². The average molecular weight is 333 g/mol. The molecule has 0 unspecified atom stereocenters. The van der Waals surface area contributed by atoms with E-state index in [1.807, 2.05) is 12.1 Å². The van der Waals surface area contributed by atoms with Crippen molar-refractivity contribution >= 4 is 46.8 Å². The predicted octanol–water partition coefficient (Wildman–Crippen LogP) is 2.51. The van der Waals surface area contributed by atoms with Crippen molar-refractivity contribution in [2.45, 2.75) is 0 Å². The maximum atomic E-state index is 11.8. The van der Waals surface area contributed by atoms with Gasteiger partial charge in [-0.2, -0.15) is 0 Å². The lowest BCUT2D eigenvalue weighted by atomic mass is 10.1. The number of furan rings is 1. The number of halogens is 1. The van der Waals surface area contributed by atoms with Crippen molar-refractivity contribution in [3.8, 4) is 11.3 Å². The molecule has 1 aromatic carbocycles. The van der Waals surface area contributed by atoms with Crippen molar-refractivity contribution in [1.82, 2.24) is 10.6 Å². The zero-order chi connectivity index (χ0) is 15.7. The van der Waals surface area contributed by atoms with E-state index < -0.39 is 11.8 Å². The van der Waals surface area contributed by atoms with E-state index in [1.54, 1.807) is 18.2 Å². The van der Waals surface area contributed by atoms with Crippen LogP contribution in [0, 0.1) is 0 Å². The summed E-state index contributed by atoms with van der Waals surface area (Å²) in [6, 6.07) is 8.86. The summed E-state index contributed by atoms with van der Waals surface area (Å²) in [5, 5.41) is 5.37. The lowest BCUT2D eigenvalue weighted by Crippen LogP contribution is -2.51. The summed E-state index contributed by atoms with van der Waals surface area (Å²) in [5.41, 5.74) is 1.41. The Labute approximate surface area is 135 Å². The Bertz CT molecular complexity index is 786. The summed E-state index contributed by atoms with van der Waals surface area (Å²) in [6.07, 6.45) is 2.90. The molecule has 1 aliphatic heterocycles. The number of nitrogens with one attached hydrogen (secondary N) is 2. The molecule has 1 aliphatic rings. The number of hydrogen-bond donors (Lipinski definition) is 2. The highest BCUT2D eigenvalue weighted by molar-refractivity contribution is 7.80. The largest absolute Gasteiger partial charge is 0.464 e. The number of benzene rings is 1. The van der Waals surface area contributed by atoms with Gasteiger partial charge in [0.25, 0.3) is 11.8 Å². The highest BCUT2D eigenvalue weighted by Crippen LogP contribution is 2.25. The first-order chi connectivity index (χ1) is 10.5. The monoisotopic (exact) mass is 332 g/mol. The summed E-state index contributed by atoms with van der Waals surface area (Å²) in [5.74, 6) is -0.471. The van der Waals surface area contributed by atoms with E-state index in [1.165, 1.54) is 12.3 Å². The first-order valence-electron chi connectivity index (χ1n) is 6.26. The van der Waals surface area contributed by atoms with E-state index in [0.29, 0.717) is 16.3 Å². The van der Waals surface area contributed by atoms with Crippen LogP contribution in [0.5, 0.6) is 0 Å². The Hall–Kier alpha value is -2.44. The van der Waals surface area contributed by atoms with Crippen molar-refractivity contribution in [2.24, 2.45) is 0 Å². The molecule has 0 radical (unpaired) electrons. The van der Waals surface area contributed by atoms with Crippen LogP contribution >= 0.6 is 23.8 Å². The van der Waals surface area contributed by atoms with Gasteiger partial charge in [-0.25, -0.2) is 0 Å². The maximum Gasteiger partial charge on any atom is 0.263 e. The molecule has 0 atom stereocenters. The van der Waals surface area contributed by atoms with Gasteiger partial charge in [-0.1, -0.05) is 11.6 Å². The van der Waals surface area contributed by atoms with Crippen molar-refractivity contribution < 1.29 is 14.0 Å². The van der Waals surface area contributed by atoms with Gasteiger partial charge >= 0.3 is 0 Å². The molecule has 3 rings (SSSR count). The Balaban J connectivity index is 1.89. The van der Waals surface area contributed by atoms with Gasteiger partial charge in [0.1, 0.15) is 11.3 Å². The number of thiocarbonyl (C=S) groups is 1. The minimum atomic E-state index is -0.539. The summed E-state index contributed by atoms with van der Waals surface area (Å²) in [6.45, 7) is 0. The fraction of sp³-hybridized carbons (Fsp3) is 0. The topological polar surface area (TPSA) is 71.3 Å². The Morgan fingerprint density at radius 3 is 2.36 bits per heavy atom. The van der Waals surface area contributed by atoms with Crippen molar-refractivity contribution in [3.05, 3.63) is 52.8 Å². The smallest absolute Gasteiger partial charge is 0.263 e. The van der Waals surface area contributed by atoms with E-state index in [-0.39, 0.29) is 10.7 Å². The number of carbonyl (C=O) groups excluding carboxylic acids is 2. The van der Waals surface area contributed by atoms with E-state index in [2.05, 4.69) is 10.6 Å². The third-order valence-electron chi connectivity index (χ3n) is 3.00. The predicted molar refractivity (Wildman–Crippen MR) is 86.0 cm³/mol. The second-order valence-electron chi connectivity index (χ2n) is 4.55. The van der Waals surface area contributed by atoms with Crippen LogP contribution in [0.3, 0.4) is 0 Å². The van der Waals surface area contributed by atoms with Crippen LogP contribution in [0.2, 0.25) is 5.02 Å². The highest BCUT2D eigenvalue weighted by atomic mass is 35.5. The Morgan fingerprint density at radius 2 is 1.73 bits per heavy atom. The second kappa shape index (κ2) is 5.75. The van der Waals surface area contributed by atoms with Crippen LogP contribution < -0.4 is 10.6 Å². The minimum absolute atomic E-state index is 0.00111. The molecule has 110 valence electrons. The molecule has 1 aromatic heterocycles. The molecule has 1 saturated heterocycles. The molecule has 7 heteroatoms. The molecule has 2 N–H and O–H groups in total. The summed E-state index contributed by atoms with van der Waals surface area (Å²) in [7, 11) is 0. The fourth-order valence-electron chi connectivity index (χ4n) is 1.97. The number of carbonyl (C=O) groups is 2. The Kier molecular flexibility index (Phi) is 3.79. The van der Waals surface area contributed by atoms with Gasteiger partial charge in [-0.3, -0.25) is 20.2 Å². The molecule has 22 heavy (non-hydrogen) atoms. The van der Waals surface area contributed by atoms with E-state index >= 15 is 0 Å². The van der Waals surface area contributed by atoms with Gasteiger partial charge in [0.15, 0.2) is 5.11 Å².